The number of aromatic amines is 1. The number of unbranched alkanes of at least 4 members (excludes halogenated alkanes) is 11. The van der Waals surface area contributed by atoms with Crippen molar-refractivity contribution in [2.24, 2.45) is 0 Å². The number of imidazole rings is 1. The van der Waals surface area contributed by atoms with Crippen LogP contribution < -0.4 is 4.57 Å². The summed E-state index contributed by atoms with van der Waals surface area (Å²) in [5.41, 5.74) is 0. The Balaban J connectivity index is 2.10. The number of nitrogens with one attached hydrogen (secondary N) is 1. The zero-order valence-corrected chi connectivity index (χ0v) is 18.4. The molecule has 1 heterocycles. The fraction of sp³-hybridized carbons (Fsp3) is 0.875. The molecule has 1 rings (SSSR count). The first-order chi connectivity index (χ1) is 12.7. The molecule has 2 heteroatoms. The molecular weight excluding hydrogens is 316 g/mol. The largest absolute Gasteiger partial charge is 0.257 e. The van der Waals surface area contributed by atoms with Gasteiger partial charge in [-0.25, -0.2) is 9.55 Å². The maximum atomic E-state index is 3.50. The van der Waals surface area contributed by atoms with Gasteiger partial charge in [-0.15, -0.1) is 0 Å². The number of H-pyrrole nitrogens is 1. The molecule has 0 fully saturated rings. The Bertz CT molecular complexity index is 424. The van der Waals surface area contributed by atoms with Gasteiger partial charge in [-0.2, -0.15) is 0 Å². The summed E-state index contributed by atoms with van der Waals surface area (Å²) < 4.78 is 2.50. The first-order valence-electron chi connectivity index (χ1n) is 11.8. The van der Waals surface area contributed by atoms with E-state index >= 15 is 0 Å². The highest BCUT2D eigenvalue weighted by Crippen LogP contribution is 2.20. The Morgan fingerprint density at radius 3 is 1.85 bits per heavy atom. The molecule has 1 N–H and O–H groups in total. The van der Waals surface area contributed by atoms with Crippen molar-refractivity contribution in [2.75, 3.05) is 0 Å². The van der Waals surface area contributed by atoms with Gasteiger partial charge in [0.05, 0.1) is 12.0 Å². The van der Waals surface area contributed by atoms with Crippen LogP contribution in [0.1, 0.15) is 142 Å². The average molecular weight is 364 g/mol. The molecular formula is C24H47N2+. The predicted molar refractivity (Wildman–Crippen MR) is 115 cm³/mol. The molecule has 1 aromatic heterocycles. The van der Waals surface area contributed by atoms with Crippen LogP contribution in [0.5, 0.6) is 0 Å². The lowest BCUT2D eigenvalue weighted by molar-refractivity contribution is -0.727. The molecule has 2 unspecified atom stereocenters. The molecule has 1 aromatic rings. The molecule has 2 atom stereocenters. The van der Waals surface area contributed by atoms with Crippen LogP contribution in [-0.2, 0) is 0 Å². The van der Waals surface area contributed by atoms with E-state index < -0.39 is 0 Å². The zero-order chi connectivity index (χ0) is 19.0. The smallest absolute Gasteiger partial charge is 0.247 e. The third kappa shape index (κ3) is 9.78. The molecule has 0 radical (unpaired) electrons. The van der Waals surface area contributed by atoms with Gasteiger partial charge in [0.2, 0.25) is 0 Å². The Morgan fingerprint density at radius 1 is 0.731 bits per heavy atom. The molecule has 0 aliphatic rings. The van der Waals surface area contributed by atoms with Crippen LogP contribution in [0.2, 0.25) is 0 Å². The summed E-state index contributed by atoms with van der Waals surface area (Å²) >= 11 is 0. The summed E-state index contributed by atoms with van der Waals surface area (Å²) in [7, 11) is 0. The normalized spacial score (nSPS) is 13.8. The minimum atomic E-state index is 0.624. The van der Waals surface area contributed by atoms with E-state index in [1.54, 1.807) is 0 Å². The van der Waals surface area contributed by atoms with E-state index in [2.05, 4.69) is 49.6 Å². The van der Waals surface area contributed by atoms with Crippen molar-refractivity contribution in [3.63, 3.8) is 0 Å². The monoisotopic (exact) mass is 363 g/mol. The van der Waals surface area contributed by atoms with Crippen molar-refractivity contribution in [3.05, 3.63) is 18.2 Å². The summed E-state index contributed by atoms with van der Waals surface area (Å²) in [5.74, 6) is 2.07. The van der Waals surface area contributed by atoms with Gasteiger partial charge >= 0.3 is 0 Å². The van der Waals surface area contributed by atoms with Gasteiger partial charge in [-0.3, -0.25) is 0 Å². The van der Waals surface area contributed by atoms with Gasteiger partial charge in [-0.05, 0) is 26.2 Å². The highest BCUT2D eigenvalue weighted by molar-refractivity contribution is 4.87. The lowest BCUT2D eigenvalue weighted by Gasteiger charge is -2.13. The van der Waals surface area contributed by atoms with Gasteiger partial charge < -0.3 is 0 Å². The highest BCUT2D eigenvalue weighted by atomic mass is 15.1. The number of hydrogen-bond donors (Lipinski definition) is 1. The highest BCUT2D eigenvalue weighted by Gasteiger charge is 2.21. The Morgan fingerprint density at radius 2 is 1.27 bits per heavy atom. The summed E-state index contributed by atoms with van der Waals surface area (Å²) in [6, 6.07) is 0.624. The number of rotatable bonds is 17. The van der Waals surface area contributed by atoms with Gasteiger partial charge in [-0.1, -0.05) is 97.8 Å². The predicted octanol–water partition coefficient (Wildman–Crippen LogP) is 7.86. The Kier molecular flexibility index (Phi) is 13.7. The van der Waals surface area contributed by atoms with Crippen LogP contribution in [0.3, 0.4) is 0 Å². The molecule has 2 nitrogen and oxygen atoms in total. The maximum absolute atomic E-state index is 3.50. The second kappa shape index (κ2) is 15.3. The van der Waals surface area contributed by atoms with Crippen LogP contribution >= 0.6 is 0 Å². The number of aromatic nitrogens is 2. The van der Waals surface area contributed by atoms with Crippen molar-refractivity contribution in [2.45, 2.75) is 136 Å². The molecule has 0 aliphatic heterocycles. The molecule has 0 bridgehead atoms. The van der Waals surface area contributed by atoms with E-state index in [9.17, 15) is 0 Å². The summed E-state index contributed by atoms with van der Waals surface area (Å²) in [6.45, 7) is 9.33. The quantitative estimate of drug-likeness (QED) is 0.215. The van der Waals surface area contributed by atoms with Crippen LogP contribution in [0.25, 0.3) is 0 Å². The van der Waals surface area contributed by atoms with Crippen LogP contribution in [-0.4, -0.2) is 4.98 Å². The lowest BCUT2D eigenvalue weighted by atomic mass is 10.0. The summed E-state index contributed by atoms with van der Waals surface area (Å²) in [6.07, 6.45) is 25.3. The molecule has 0 saturated carbocycles. The molecule has 0 spiro atoms. The third-order valence-corrected chi connectivity index (χ3v) is 5.90. The first-order valence-corrected chi connectivity index (χ1v) is 11.8. The second-order valence-corrected chi connectivity index (χ2v) is 8.47. The second-order valence-electron chi connectivity index (χ2n) is 8.47. The van der Waals surface area contributed by atoms with Gasteiger partial charge in [0.25, 0.3) is 5.82 Å². The van der Waals surface area contributed by atoms with E-state index in [0.29, 0.717) is 12.0 Å². The van der Waals surface area contributed by atoms with Gasteiger partial charge in [0.1, 0.15) is 12.4 Å². The van der Waals surface area contributed by atoms with Crippen molar-refractivity contribution in [3.8, 4) is 0 Å². The minimum absolute atomic E-state index is 0.624. The zero-order valence-electron chi connectivity index (χ0n) is 18.4. The standard InChI is InChI=1S/C24H46N2/c1-5-7-9-10-11-12-13-14-15-16-17-19-23(4)26-21-20-25-24(26)22(3)18-8-6-2/h20-23H,5-19H2,1-4H3/p+1. The van der Waals surface area contributed by atoms with E-state index in [4.69, 9.17) is 0 Å². The maximum Gasteiger partial charge on any atom is 0.257 e. The summed E-state index contributed by atoms with van der Waals surface area (Å²) in [4.78, 5) is 3.50. The fourth-order valence-electron chi connectivity index (χ4n) is 4.03. The average Bonchev–Trinajstić information content (AvgIpc) is 3.14. The van der Waals surface area contributed by atoms with Crippen molar-refractivity contribution in [1.82, 2.24) is 4.98 Å². The van der Waals surface area contributed by atoms with E-state index in [-0.39, 0.29) is 0 Å². The first kappa shape index (κ1) is 23.2. The van der Waals surface area contributed by atoms with E-state index in [1.807, 2.05) is 0 Å². The number of nitrogens with zero attached hydrogens (tertiary/aromatic N) is 1. The van der Waals surface area contributed by atoms with E-state index in [1.165, 1.54) is 102 Å². The van der Waals surface area contributed by atoms with Crippen LogP contribution in [0.15, 0.2) is 12.4 Å². The molecule has 0 aromatic carbocycles. The van der Waals surface area contributed by atoms with Gasteiger partial charge in [0.15, 0.2) is 0 Å². The molecule has 0 saturated heterocycles. The van der Waals surface area contributed by atoms with Crippen LogP contribution in [0, 0.1) is 0 Å². The SMILES string of the molecule is CCCCCCCCCCCCCC(C)[n+]1cc[nH]c1C(C)CCCC. The Labute approximate surface area is 164 Å². The van der Waals surface area contributed by atoms with E-state index in [0.717, 1.165) is 0 Å². The Hall–Kier alpha value is -0.790. The van der Waals surface area contributed by atoms with Gasteiger partial charge in [0, 0.05) is 0 Å². The molecule has 0 aliphatic carbocycles. The van der Waals surface area contributed by atoms with Crippen LogP contribution in [0.4, 0.5) is 0 Å². The molecule has 0 amide bonds. The summed E-state index contributed by atoms with van der Waals surface area (Å²) in [5, 5.41) is 0. The molecule has 152 valence electrons. The topological polar surface area (TPSA) is 19.7 Å². The molecule has 26 heavy (non-hydrogen) atoms. The minimum Gasteiger partial charge on any atom is -0.247 e. The third-order valence-electron chi connectivity index (χ3n) is 5.90. The van der Waals surface area contributed by atoms with Crippen molar-refractivity contribution >= 4 is 0 Å². The lowest BCUT2D eigenvalue weighted by Crippen LogP contribution is -2.40. The van der Waals surface area contributed by atoms with Crippen molar-refractivity contribution in [1.29, 1.82) is 0 Å². The van der Waals surface area contributed by atoms with Crippen molar-refractivity contribution < 1.29 is 4.57 Å². The fourth-order valence-corrected chi connectivity index (χ4v) is 4.03. The number of hydrogen-bond acceptors (Lipinski definition) is 0.